The predicted octanol–water partition coefficient (Wildman–Crippen LogP) is 3.85. The first-order valence-corrected chi connectivity index (χ1v) is 7.79. The topological polar surface area (TPSA) is 42.4 Å². The number of rotatable bonds is 5. The summed E-state index contributed by atoms with van der Waals surface area (Å²) in [6, 6.07) is 0. The van der Waals surface area contributed by atoms with Crippen LogP contribution in [0.2, 0.25) is 0 Å². The lowest BCUT2D eigenvalue weighted by Crippen LogP contribution is -2.19. The predicted molar refractivity (Wildman–Crippen MR) is 73.7 cm³/mol. The molecule has 1 aromatic heterocycles. The molecule has 0 bridgehead atoms. The van der Waals surface area contributed by atoms with Crippen LogP contribution in [0, 0.1) is 5.92 Å². The molecule has 1 heterocycles. The zero-order chi connectivity index (χ0) is 13.0. The third kappa shape index (κ3) is 3.31. The molecule has 2 unspecified atom stereocenters. The molecular weight excluding hydrogens is 246 g/mol. The van der Waals surface area contributed by atoms with Crippen molar-refractivity contribution in [1.29, 1.82) is 0 Å². The number of nitrogens with zero attached hydrogens (tertiary/aromatic N) is 1. The first-order chi connectivity index (χ1) is 8.72. The van der Waals surface area contributed by atoms with Crippen LogP contribution >= 0.6 is 11.3 Å². The van der Waals surface area contributed by atoms with Gasteiger partial charge < -0.3 is 9.84 Å². The molecule has 0 aromatic carbocycles. The Balaban J connectivity index is 2.11. The molecule has 1 fully saturated rings. The van der Waals surface area contributed by atoms with Crippen LogP contribution in [-0.4, -0.2) is 16.7 Å². The molecule has 0 aliphatic heterocycles. The van der Waals surface area contributed by atoms with Crippen molar-refractivity contribution in [1.82, 2.24) is 4.98 Å². The third-order valence-corrected chi connectivity index (χ3v) is 4.85. The van der Waals surface area contributed by atoms with Gasteiger partial charge in [-0.15, -0.1) is 11.3 Å². The van der Waals surface area contributed by atoms with Gasteiger partial charge in [-0.05, 0) is 32.6 Å². The molecule has 18 heavy (non-hydrogen) atoms. The Morgan fingerprint density at radius 1 is 1.44 bits per heavy atom. The molecule has 1 N–H and O–H groups in total. The Labute approximate surface area is 113 Å². The SMILES string of the molecule is CCOC(c1ncc(C(C)O)s1)C1CCCCC1. The van der Waals surface area contributed by atoms with E-state index in [1.165, 1.54) is 32.1 Å². The first-order valence-electron chi connectivity index (χ1n) is 6.97. The molecule has 2 rings (SSSR count). The van der Waals surface area contributed by atoms with Gasteiger partial charge in [0.05, 0.1) is 11.0 Å². The van der Waals surface area contributed by atoms with Crippen molar-refractivity contribution in [3.63, 3.8) is 0 Å². The fourth-order valence-corrected chi connectivity index (χ4v) is 3.65. The lowest BCUT2D eigenvalue weighted by molar-refractivity contribution is 0.00551. The Kier molecular flexibility index (Phi) is 5.15. The zero-order valence-corrected chi connectivity index (χ0v) is 12.1. The van der Waals surface area contributed by atoms with Crippen LogP contribution in [0.1, 0.15) is 68.0 Å². The van der Waals surface area contributed by atoms with Crippen LogP contribution in [0.4, 0.5) is 0 Å². The summed E-state index contributed by atoms with van der Waals surface area (Å²) >= 11 is 1.60. The van der Waals surface area contributed by atoms with Gasteiger partial charge in [-0.25, -0.2) is 4.98 Å². The van der Waals surface area contributed by atoms with E-state index in [1.807, 2.05) is 6.92 Å². The van der Waals surface area contributed by atoms with Crippen LogP contribution in [0.15, 0.2) is 6.20 Å². The monoisotopic (exact) mass is 269 g/mol. The highest BCUT2D eigenvalue weighted by molar-refractivity contribution is 7.11. The summed E-state index contributed by atoms with van der Waals surface area (Å²) in [5, 5.41) is 10.6. The first kappa shape index (κ1) is 14.0. The molecule has 0 radical (unpaired) electrons. The molecular formula is C14H23NO2S. The maximum Gasteiger partial charge on any atom is 0.122 e. The molecule has 1 saturated carbocycles. The van der Waals surface area contributed by atoms with Crippen LogP contribution < -0.4 is 0 Å². The van der Waals surface area contributed by atoms with Gasteiger partial charge >= 0.3 is 0 Å². The fraction of sp³-hybridized carbons (Fsp3) is 0.786. The van der Waals surface area contributed by atoms with Gasteiger partial charge in [-0.2, -0.15) is 0 Å². The quantitative estimate of drug-likeness (QED) is 0.882. The second-order valence-corrected chi connectivity index (χ2v) is 6.14. The summed E-state index contributed by atoms with van der Waals surface area (Å²) in [6.45, 7) is 4.55. The van der Waals surface area contributed by atoms with Crippen LogP contribution in [0.25, 0.3) is 0 Å². The number of aliphatic hydroxyl groups excluding tert-OH is 1. The minimum Gasteiger partial charge on any atom is -0.388 e. The van der Waals surface area contributed by atoms with E-state index in [0.29, 0.717) is 5.92 Å². The fourth-order valence-electron chi connectivity index (χ4n) is 2.65. The second-order valence-electron chi connectivity index (χ2n) is 5.05. The summed E-state index contributed by atoms with van der Waals surface area (Å²) in [5.41, 5.74) is 0. The standard InChI is InChI=1S/C14H23NO2S/c1-3-17-13(11-7-5-4-6-8-11)14-15-9-12(18-14)10(2)16/h9-11,13,16H,3-8H2,1-2H3. The van der Waals surface area contributed by atoms with Crippen LogP contribution in [0.5, 0.6) is 0 Å². The second kappa shape index (κ2) is 6.64. The van der Waals surface area contributed by atoms with Crippen molar-refractivity contribution in [2.75, 3.05) is 6.61 Å². The number of ether oxygens (including phenoxy) is 1. The number of aromatic nitrogens is 1. The van der Waals surface area contributed by atoms with Crippen molar-refractivity contribution < 1.29 is 9.84 Å². The minimum absolute atomic E-state index is 0.132. The zero-order valence-electron chi connectivity index (χ0n) is 11.3. The molecule has 0 amide bonds. The highest BCUT2D eigenvalue weighted by atomic mass is 32.1. The Hall–Kier alpha value is -0.450. The maximum absolute atomic E-state index is 9.59. The minimum atomic E-state index is -0.426. The highest BCUT2D eigenvalue weighted by Gasteiger charge is 2.28. The molecule has 0 saturated heterocycles. The van der Waals surface area contributed by atoms with Crippen molar-refractivity contribution in [3.05, 3.63) is 16.1 Å². The van der Waals surface area contributed by atoms with E-state index in [9.17, 15) is 5.11 Å². The average Bonchev–Trinajstić information content (AvgIpc) is 2.86. The molecule has 1 aromatic rings. The molecule has 1 aliphatic carbocycles. The Bertz CT molecular complexity index is 358. The van der Waals surface area contributed by atoms with E-state index >= 15 is 0 Å². The van der Waals surface area contributed by atoms with Gasteiger partial charge in [0.15, 0.2) is 0 Å². The highest BCUT2D eigenvalue weighted by Crippen LogP contribution is 2.39. The van der Waals surface area contributed by atoms with Crippen molar-refractivity contribution in [3.8, 4) is 0 Å². The van der Waals surface area contributed by atoms with Gasteiger partial charge in [0, 0.05) is 12.8 Å². The van der Waals surface area contributed by atoms with E-state index in [-0.39, 0.29) is 6.10 Å². The number of aliphatic hydroxyl groups is 1. The molecule has 102 valence electrons. The lowest BCUT2D eigenvalue weighted by atomic mass is 9.85. The normalized spacial score (nSPS) is 20.8. The molecule has 2 atom stereocenters. The van der Waals surface area contributed by atoms with Crippen molar-refractivity contribution in [2.24, 2.45) is 5.92 Å². The maximum atomic E-state index is 9.59. The van der Waals surface area contributed by atoms with Gasteiger partial charge in [0.25, 0.3) is 0 Å². The van der Waals surface area contributed by atoms with E-state index in [0.717, 1.165) is 16.5 Å². The lowest BCUT2D eigenvalue weighted by Gasteiger charge is -2.28. The van der Waals surface area contributed by atoms with Crippen LogP contribution in [0.3, 0.4) is 0 Å². The van der Waals surface area contributed by atoms with Gasteiger partial charge in [-0.3, -0.25) is 0 Å². The van der Waals surface area contributed by atoms with Crippen molar-refractivity contribution in [2.45, 2.75) is 58.2 Å². The molecule has 0 spiro atoms. The summed E-state index contributed by atoms with van der Waals surface area (Å²) in [4.78, 5) is 5.40. The van der Waals surface area contributed by atoms with E-state index in [2.05, 4.69) is 4.98 Å². The Morgan fingerprint density at radius 2 is 2.17 bits per heavy atom. The molecule has 1 aliphatic rings. The number of hydrogen-bond donors (Lipinski definition) is 1. The average molecular weight is 269 g/mol. The number of hydrogen-bond acceptors (Lipinski definition) is 4. The molecule has 3 nitrogen and oxygen atoms in total. The van der Waals surface area contributed by atoms with E-state index in [1.54, 1.807) is 24.5 Å². The van der Waals surface area contributed by atoms with Gasteiger partial charge in [0.2, 0.25) is 0 Å². The third-order valence-electron chi connectivity index (χ3n) is 3.62. The molecule has 4 heteroatoms. The summed E-state index contributed by atoms with van der Waals surface area (Å²) in [6.07, 6.45) is 7.96. The summed E-state index contributed by atoms with van der Waals surface area (Å²) in [5.74, 6) is 0.603. The largest absolute Gasteiger partial charge is 0.388 e. The van der Waals surface area contributed by atoms with Gasteiger partial charge in [-0.1, -0.05) is 19.3 Å². The summed E-state index contributed by atoms with van der Waals surface area (Å²) in [7, 11) is 0. The summed E-state index contributed by atoms with van der Waals surface area (Å²) < 4.78 is 5.93. The van der Waals surface area contributed by atoms with E-state index in [4.69, 9.17) is 4.74 Å². The van der Waals surface area contributed by atoms with E-state index < -0.39 is 6.10 Å². The smallest absolute Gasteiger partial charge is 0.122 e. The van der Waals surface area contributed by atoms with Crippen LogP contribution in [-0.2, 0) is 4.74 Å². The van der Waals surface area contributed by atoms with Crippen molar-refractivity contribution >= 4 is 11.3 Å². The van der Waals surface area contributed by atoms with Gasteiger partial charge in [0.1, 0.15) is 11.1 Å². The number of thiazole rings is 1. The Morgan fingerprint density at radius 3 is 2.72 bits per heavy atom.